The molecule has 2 aliphatic heterocycles. The lowest BCUT2D eigenvalue weighted by Gasteiger charge is -2.39. The molecule has 0 bridgehead atoms. The van der Waals surface area contributed by atoms with Gasteiger partial charge < -0.3 is 15.0 Å². The number of piperazine rings is 1. The Labute approximate surface area is 162 Å². The summed E-state index contributed by atoms with van der Waals surface area (Å²) in [6.07, 6.45) is 5.12. The highest BCUT2D eigenvalue weighted by atomic mass is 32.2. The van der Waals surface area contributed by atoms with Crippen LogP contribution < -0.4 is 10.2 Å². The van der Waals surface area contributed by atoms with Crippen molar-refractivity contribution in [2.75, 3.05) is 42.7 Å². The fourth-order valence-corrected chi connectivity index (χ4v) is 5.18. The smallest absolute Gasteiger partial charge is 0.211 e. The van der Waals surface area contributed by atoms with Crippen LogP contribution >= 0.6 is 0 Å². The maximum Gasteiger partial charge on any atom is 0.211 e. The molecule has 1 N–H and O–H groups in total. The Hall–Kier alpha value is -1.45. The van der Waals surface area contributed by atoms with Gasteiger partial charge in [0.2, 0.25) is 10.0 Å². The van der Waals surface area contributed by atoms with Crippen molar-refractivity contribution in [2.24, 2.45) is 5.92 Å². The summed E-state index contributed by atoms with van der Waals surface area (Å²) in [5, 5.41) is 3.53. The summed E-state index contributed by atoms with van der Waals surface area (Å²) in [6.45, 7) is 8.81. The van der Waals surface area contributed by atoms with Gasteiger partial charge >= 0.3 is 0 Å². The quantitative estimate of drug-likeness (QED) is 0.807. The number of rotatable bonds is 5. The van der Waals surface area contributed by atoms with Crippen molar-refractivity contribution in [3.8, 4) is 0 Å². The molecule has 1 aromatic rings. The molecule has 27 heavy (non-hydrogen) atoms. The van der Waals surface area contributed by atoms with Crippen molar-refractivity contribution in [2.45, 2.75) is 51.8 Å². The first-order chi connectivity index (χ1) is 12.8. The monoisotopic (exact) mass is 397 g/mol. The molecular formula is C18H31N5O3S. The van der Waals surface area contributed by atoms with E-state index < -0.39 is 10.0 Å². The van der Waals surface area contributed by atoms with Crippen molar-refractivity contribution in [3.05, 3.63) is 12.4 Å². The van der Waals surface area contributed by atoms with Crippen molar-refractivity contribution in [1.82, 2.24) is 14.3 Å². The number of hydrogen-bond acceptors (Lipinski definition) is 7. The Morgan fingerprint density at radius 2 is 2.07 bits per heavy atom. The van der Waals surface area contributed by atoms with Gasteiger partial charge in [0.15, 0.2) is 0 Å². The van der Waals surface area contributed by atoms with E-state index in [9.17, 15) is 8.42 Å². The second-order valence-corrected chi connectivity index (χ2v) is 9.84. The van der Waals surface area contributed by atoms with Gasteiger partial charge in [0.1, 0.15) is 18.0 Å². The lowest BCUT2D eigenvalue weighted by molar-refractivity contribution is -0.0203. The molecule has 0 radical (unpaired) electrons. The fraction of sp³-hybridized carbons (Fsp3) is 0.778. The van der Waals surface area contributed by atoms with Crippen molar-refractivity contribution >= 4 is 21.7 Å². The fourth-order valence-electron chi connectivity index (χ4n) is 4.05. The van der Waals surface area contributed by atoms with E-state index in [0.29, 0.717) is 25.6 Å². The summed E-state index contributed by atoms with van der Waals surface area (Å²) in [5.74, 6) is 2.05. The van der Waals surface area contributed by atoms with E-state index in [1.807, 2.05) is 13.0 Å². The van der Waals surface area contributed by atoms with Gasteiger partial charge in [-0.15, -0.1) is 0 Å². The Morgan fingerprint density at radius 3 is 2.74 bits per heavy atom. The first-order valence-corrected chi connectivity index (χ1v) is 11.5. The minimum absolute atomic E-state index is 0.0859. The average Bonchev–Trinajstić information content (AvgIpc) is 2.61. The van der Waals surface area contributed by atoms with Crippen LogP contribution in [0.5, 0.6) is 0 Å². The number of nitrogens with zero attached hydrogens (tertiary/aromatic N) is 4. The Bertz CT molecular complexity index is 742. The largest absolute Gasteiger partial charge is 0.376 e. The summed E-state index contributed by atoms with van der Waals surface area (Å²) < 4.78 is 31.2. The first-order valence-electron chi connectivity index (χ1n) is 9.67. The second-order valence-electron chi connectivity index (χ2n) is 7.90. The van der Waals surface area contributed by atoms with Gasteiger partial charge in [-0.25, -0.2) is 18.4 Å². The van der Waals surface area contributed by atoms with Gasteiger partial charge in [-0.05, 0) is 25.7 Å². The third-order valence-corrected chi connectivity index (χ3v) is 6.72. The predicted octanol–water partition coefficient (Wildman–Crippen LogP) is 1.56. The summed E-state index contributed by atoms with van der Waals surface area (Å²) in [7, 11) is -3.17. The normalized spacial score (nSPS) is 27.7. The molecular weight excluding hydrogens is 366 g/mol. The van der Waals surface area contributed by atoms with E-state index >= 15 is 0 Å². The lowest BCUT2D eigenvalue weighted by atomic mass is 9.94. The van der Waals surface area contributed by atoms with Gasteiger partial charge in [-0.2, -0.15) is 4.31 Å². The number of hydrogen-bond donors (Lipinski definition) is 1. The van der Waals surface area contributed by atoms with Crippen LogP contribution in [-0.4, -0.2) is 73.4 Å². The molecule has 9 heteroatoms. The van der Waals surface area contributed by atoms with Gasteiger partial charge in [0, 0.05) is 38.3 Å². The molecule has 1 aromatic heterocycles. The minimum atomic E-state index is -3.17. The van der Waals surface area contributed by atoms with Crippen LogP contribution in [0, 0.1) is 5.92 Å². The maximum absolute atomic E-state index is 11.9. The highest BCUT2D eigenvalue weighted by Gasteiger charge is 2.31. The second kappa shape index (κ2) is 8.28. The molecule has 3 atom stereocenters. The van der Waals surface area contributed by atoms with Crippen LogP contribution in [0.2, 0.25) is 0 Å². The number of aromatic nitrogens is 2. The molecule has 152 valence electrons. The number of nitrogens with one attached hydrogen (secondary N) is 1. The van der Waals surface area contributed by atoms with Gasteiger partial charge in [-0.1, -0.05) is 13.8 Å². The number of anilines is 2. The third-order valence-electron chi connectivity index (χ3n) is 5.33. The maximum atomic E-state index is 11.9. The standard InChI is InChI=1S/C18H31N5O3S/c1-13(2)18-15(6-5-9-26-18)21-16-10-17(20-12-19-16)22-7-8-23(14(3)11-22)27(4,24)25/h10,12-15,18H,5-9,11H2,1-4H3,(H,19,20,21)/t14-,15-,18+/m0/s1. The highest BCUT2D eigenvalue weighted by molar-refractivity contribution is 7.88. The van der Waals surface area contributed by atoms with Crippen molar-refractivity contribution < 1.29 is 13.2 Å². The zero-order valence-corrected chi connectivity index (χ0v) is 17.4. The van der Waals surface area contributed by atoms with Gasteiger partial charge in [-0.3, -0.25) is 0 Å². The minimum Gasteiger partial charge on any atom is -0.376 e. The van der Waals surface area contributed by atoms with Crippen molar-refractivity contribution in [1.29, 1.82) is 0 Å². The topological polar surface area (TPSA) is 87.7 Å². The molecule has 0 aliphatic carbocycles. The van der Waals surface area contributed by atoms with Crippen molar-refractivity contribution in [3.63, 3.8) is 0 Å². The van der Waals surface area contributed by atoms with Crippen LogP contribution in [0.3, 0.4) is 0 Å². The zero-order chi connectivity index (χ0) is 19.6. The molecule has 8 nitrogen and oxygen atoms in total. The molecule has 0 unspecified atom stereocenters. The van der Waals surface area contributed by atoms with Gasteiger partial charge in [0.25, 0.3) is 0 Å². The Balaban J connectivity index is 1.69. The third kappa shape index (κ3) is 4.89. The highest BCUT2D eigenvalue weighted by Crippen LogP contribution is 2.25. The van der Waals surface area contributed by atoms with Crippen LogP contribution in [-0.2, 0) is 14.8 Å². The van der Waals surface area contributed by atoms with Crippen LogP contribution in [0.1, 0.15) is 33.6 Å². The van der Waals surface area contributed by atoms with E-state index in [1.54, 1.807) is 10.6 Å². The Kier molecular flexibility index (Phi) is 6.22. The van der Waals surface area contributed by atoms with E-state index in [4.69, 9.17) is 4.74 Å². The van der Waals surface area contributed by atoms with Gasteiger partial charge in [0.05, 0.1) is 18.4 Å². The van der Waals surface area contributed by atoms with Crippen LogP contribution in [0.15, 0.2) is 12.4 Å². The van der Waals surface area contributed by atoms with Crippen LogP contribution in [0.25, 0.3) is 0 Å². The summed E-state index contributed by atoms with van der Waals surface area (Å²) >= 11 is 0. The van der Waals surface area contributed by atoms with E-state index in [0.717, 1.165) is 31.1 Å². The SMILES string of the molecule is CC(C)[C@H]1OCCC[C@@H]1Nc1cc(N2CCN(S(C)(=O)=O)[C@@H](C)C2)ncn1. The van der Waals surface area contributed by atoms with E-state index in [1.165, 1.54) is 6.26 Å². The average molecular weight is 398 g/mol. The first kappa shape index (κ1) is 20.3. The number of ether oxygens (including phenoxy) is 1. The Morgan fingerprint density at radius 1 is 1.30 bits per heavy atom. The summed E-state index contributed by atoms with van der Waals surface area (Å²) in [6, 6.07) is 2.11. The molecule has 2 fully saturated rings. The molecule has 0 saturated carbocycles. The van der Waals surface area contributed by atoms with E-state index in [2.05, 4.69) is 34.0 Å². The molecule has 2 aliphatic rings. The van der Waals surface area contributed by atoms with E-state index in [-0.39, 0.29) is 18.2 Å². The summed E-state index contributed by atoms with van der Waals surface area (Å²) in [4.78, 5) is 10.9. The molecule has 3 heterocycles. The predicted molar refractivity (Wildman–Crippen MR) is 106 cm³/mol. The molecule has 3 rings (SSSR count). The zero-order valence-electron chi connectivity index (χ0n) is 16.6. The lowest BCUT2D eigenvalue weighted by Crippen LogP contribution is -2.53. The molecule has 0 amide bonds. The summed E-state index contributed by atoms with van der Waals surface area (Å²) in [5.41, 5.74) is 0. The molecule has 0 aromatic carbocycles. The number of sulfonamides is 1. The molecule has 2 saturated heterocycles. The van der Waals surface area contributed by atoms with Crippen LogP contribution in [0.4, 0.5) is 11.6 Å². The molecule has 0 spiro atoms.